The fraction of sp³-hybridized carbons (Fsp3) is 0.130. The monoisotopic (exact) mass is 484 g/mol. The van der Waals surface area contributed by atoms with Crippen molar-refractivity contribution in [2.75, 3.05) is 17.2 Å². The van der Waals surface area contributed by atoms with Crippen molar-refractivity contribution in [2.45, 2.75) is 17.1 Å². The second kappa shape index (κ2) is 10.8. The highest BCUT2D eigenvalue weighted by Crippen LogP contribution is 2.27. The van der Waals surface area contributed by atoms with E-state index in [1.165, 1.54) is 11.8 Å². The minimum Gasteiger partial charge on any atom is -0.484 e. The fourth-order valence-corrected chi connectivity index (χ4v) is 3.79. The average Bonchev–Trinajstić information content (AvgIpc) is 2.76. The largest absolute Gasteiger partial charge is 0.484 e. The third kappa shape index (κ3) is 6.64. The highest BCUT2D eigenvalue weighted by Gasteiger charge is 2.15. The lowest BCUT2D eigenvalue weighted by molar-refractivity contribution is -0.118. The molecule has 0 aliphatic carbocycles. The smallest absolute Gasteiger partial charge is 0.262 e. The number of hydrogen-bond acceptors (Lipinski definition) is 4. The molecule has 0 spiro atoms. The summed E-state index contributed by atoms with van der Waals surface area (Å²) in [4.78, 5) is 25.4. The number of amides is 2. The summed E-state index contributed by atoms with van der Waals surface area (Å²) < 4.78 is 6.28. The Morgan fingerprint density at radius 1 is 0.933 bits per heavy atom. The van der Waals surface area contributed by atoms with Gasteiger partial charge in [0.15, 0.2) is 6.61 Å². The maximum atomic E-state index is 12.4. The van der Waals surface area contributed by atoms with Gasteiger partial charge in [-0.15, -0.1) is 11.8 Å². The second-order valence-electron chi connectivity index (χ2n) is 6.40. The lowest BCUT2D eigenvalue weighted by atomic mass is 10.3. The number of halogens is 1. The summed E-state index contributed by atoms with van der Waals surface area (Å²) in [5, 5.41) is 5.43. The van der Waals surface area contributed by atoms with Crippen LogP contribution in [-0.4, -0.2) is 23.7 Å². The predicted molar refractivity (Wildman–Crippen MR) is 125 cm³/mol. The molecule has 0 heterocycles. The van der Waals surface area contributed by atoms with Crippen LogP contribution in [0.25, 0.3) is 0 Å². The number of carbonyl (C=O) groups excluding carboxylic acids is 2. The molecule has 3 rings (SSSR count). The van der Waals surface area contributed by atoms with Gasteiger partial charge in [0.1, 0.15) is 5.75 Å². The van der Waals surface area contributed by atoms with E-state index in [4.69, 9.17) is 4.74 Å². The van der Waals surface area contributed by atoms with E-state index in [0.717, 1.165) is 15.1 Å². The first-order valence-corrected chi connectivity index (χ1v) is 11.0. The van der Waals surface area contributed by atoms with Crippen molar-refractivity contribution in [1.82, 2.24) is 0 Å². The van der Waals surface area contributed by atoms with Gasteiger partial charge < -0.3 is 15.4 Å². The average molecular weight is 485 g/mol. The first-order valence-electron chi connectivity index (χ1n) is 9.31. The summed E-state index contributed by atoms with van der Waals surface area (Å²) in [6, 6.07) is 24.0. The maximum absolute atomic E-state index is 12.4. The molecular weight excluding hydrogens is 464 g/mol. The van der Waals surface area contributed by atoms with Gasteiger partial charge in [0.25, 0.3) is 5.91 Å². The Morgan fingerprint density at radius 3 is 2.30 bits per heavy atom. The molecule has 1 atom stereocenters. The molecule has 0 aliphatic rings. The van der Waals surface area contributed by atoms with Gasteiger partial charge in [0.2, 0.25) is 5.91 Å². The molecule has 1 unspecified atom stereocenters. The SMILES string of the molecule is CC(Sc1ccc(NC(=O)COc2ccccc2)cc1)C(=O)Nc1ccccc1Br. The number of carbonyl (C=O) groups is 2. The van der Waals surface area contributed by atoms with E-state index in [2.05, 4.69) is 26.6 Å². The molecular formula is C23H21BrN2O3S. The van der Waals surface area contributed by atoms with Gasteiger partial charge in [-0.25, -0.2) is 0 Å². The summed E-state index contributed by atoms with van der Waals surface area (Å²) in [5.74, 6) is 0.331. The number of thioether (sulfide) groups is 1. The number of nitrogens with one attached hydrogen (secondary N) is 2. The summed E-state index contributed by atoms with van der Waals surface area (Å²) in [7, 11) is 0. The van der Waals surface area contributed by atoms with Crippen LogP contribution in [0.1, 0.15) is 6.92 Å². The topological polar surface area (TPSA) is 67.4 Å². The zero-order valence-corrected chi connectivity index (χ0v) is 18.7. The van der Waals surface area contributed by atoms with Crippen molar-refractivity contribution in [3.63, 3.8) is 0 Å². The fourth-order valence-electron chi connectivity index (χ4n) is 2.53. The van der Waals surface area contributed by atoms with Crippen molar-refractivity contribution >= 4 is 50.9 Å². The molecule has 0 saturated carbocycles. The van der Waals surface area contributed by atoms with Crippen molar-refractivity contribution < 1.29 is 14.3 Å². The van der Waals surface area contributed by atoms with Crippen molar-refractivity contribution in [3.8, 4) is 5.75 Å². The molecule has 0 aromatic heterocycles. The molecule has 2 N–H and O–H groups in total. The van der Waals surface area contributed by atoms with Crippen LogP contribution < -0.4 is 15.4 Å². The van der Waals surface area contributed by atoms with Crippen LogP contribution in [0.5, 0.6) is 5.75 Å². The van der Waals surface area contributed by atoms with Crippen LogP contribution in [0, 0.1) is 0 Å². The number of anilines is 2. The molecule has 3 aromatic carbocycles. The molecule has 2 amide bonds. The molecule has 3 aromatic rings. The molecule has 30 heavy (non-hydrogen) atoms. The van der Waals surface area contributed by atoms with Crippen molar-refractivity contribution in [2.24, 2.45) is 0 Å². The molecule has 0 radical (unpaired) electrons. The standard InChI is InChI=1S/C23H21BrN2O3S/c1-16(23(28)26-21-10-6-5-9-20(21)24)30-19-13-11-17(12-14-19)25-22(27)15-29-18-7-3-2-4-8-18/h2-14,16H,15H2,1H3,(H,25,27)(H,26,28). The molecule has 5 nitrogen and oxygen atoms in total. The number of ether oxygens (including phenoxy) is 1. The quantitative estimate of drug-likeness (QED) is 0.409. The van der Waals surface area contributed by atoms with Gasteiger partial charge in [0, 0.05) is 15.1 Å². The first kappa shape index (κ1) is 21.9. The zero-order valence-electron chi connectivity index (χ0n) is 16.3. The molecule has 0 saturated heterocycles. The number of rotatable bonds is 8. The van der Waals surface area contributed by atoms with E-state index in [1.807, 2.05) is 61.5 Å². The molecule has 0 bridgehead atoms. The van der Waals surface area contributed by atoms with Gasteiger partial charge in [-0.3, -0.25) is 9.59 Å². The third-order valence-electron chi connectivity index (χ3n) is 4.07. The van der Waals surface area contributed by atoms with Gasteiger partial charge in [-0.05, 0) is 71.4 Å². The van der Waals surface area contributed by atoms with Gasteiger partial charge >= 0.3 is 0 Å². The number of benzene rings is 3. The van der Waals surface area contributed by atoms with Crippen LogP contribution in [0.2, 0.25) is 0 Å². The minimum atomic E-state index is -0.281. The van der Waals surface area contributed by atoms with Crippen LogP contribution in [0.15, 0.2) is 88.2 Å². The lowest BCUT2D eigenvalue weighted by Gasteiger charge is -2.13. The molecule has 0 fully saturated rings. The van der Waals surface area contributed by atoms with Gasteiger partial charge in [-0.2, -0.15) is 0 Å². The summed E-state index contributed by atoms with van der Waals surface area (Å²) in [6.07, 6.45) is 0. The van der Waals surface area contributed by atoms with Crippen LogP contribution in [-0.2, 0) is 9.59 Å². The van der Waals surface area contributed by atoms with E-state index < -0.39 is 0 Å². The molecule has 154 valence electrons. The summed E-state index contributed by atoms with van der Waals surface area (Å²) in [5.41, 5.74) is 1.41. The van der Waals surface area contributed by atoms with Crippen LogP contribution in [0.4, 0.5) is 11.4 Å². The molecule has 7 heteroatoms. The van der Waals surface area contributed by atoms with Crippen LogP contribution >= 0.6 is 27.7 Å². The lowest BCUT2D eigenvalue weighted by Crippen LogP contribution is -2.22. The van der Waals surface area contributed by atoms with E-state index in [9.17, 15) is 9.59 Å². The Kier molecular flexibility index (Phi) is 7.93. The summed E-state index contributed by atoms with van der Waals surface area (Å²) in [6.45, 7) is 1.79. The zero-order chi connectivity index (χ0) is 21.3. The van der Waals surface area contributed by atoms with Crippen molar-refractivity contribution in [3.05, 3.63) is 83.3 Å². The highest BCUT2D eigenvalue weighted by molar-refractivity contribution is 9.10. The maximum Gasteiger partial charge on any atom is 0.262 e. The van der Waals surface area contributed by atoms with E-state index in [0.29, 0.717) is 11.4 Å². The Bertz CT molecular complexity index is 997. The van der Waals surface area contributed by atoms with Gasteiger partial charge in [-0.1, -0.05) is 30.3 Å². The minimum absolute atomic E-state index is 0.0627. The Hall–Kier alpha value is -2.77. The van der Waals surface area contributed by atoms with Crippen molar-refractivity contribution in [1.29, 1.82) is 0 Å². The third-order valence-corrected chi connectivity index (χ3v) is 5.87. The second-order valence-corrected chi connectivity index (χ2v) is 8.67. The predicted octanol–water partition coefficient (Wildman–Crippen LogP) is 5.59. The van der Waals surface area contributed by atoms with E-state index >= 15 is 0 Å². The van der Waals surface area contributed by atoms with E-state index in [1.54, 1.807) is 24.3 Å². The van der Waals surface area contributed by atoms with Gasteiger partial charge in [0.05, 0.1) is 10.9 Å². The summed E-state index contributed by atoms with van der Waals surface area (Å²) >= 11 is 4.87. The Morgan fingerprint density at radius 2 is 1.60 bits per heavy atom. The normalized spacial score (nSPS) is 11.4. The first-order chi connectivity index (χ1) is 14.5. The Balaban J connectivity index is 1.48. The highest BCUT2D eigenvalue weighted by atomic mass is 79.9. The van der Waals surface area contributed by atoms with Crippen LogP contribution in [0.3, 0.4) is 0 Å². The number of para-hydroxylation sites is 2. The molecule has 0 aliphatic heterocycles. The number of hydrogen-bond donors (Lipinski definition) is 2. The van der Waals surface area contributed by atoms with E-state index in [-0.39, 0.29) is 23.7 Å². The Labute approximate surface area is 188 Å².